The zero-order valence-corrected chi connectivity index (χ0v) is 21.6. The molecule has 5 nitrogen and oxygen atoms in total. The maximum absolute atomic E-state index is 14.6. The van der Waals surface area contributed by atoms with Gasteiger partial charge >= 0.3 is 5.97 Å². The molecule has 0 fully saturated rings. The highest BCUT2D eigenvalue weighted by Gasteiger charge is 2.21. The molecule has 3 aromatic carbocycles. The molecule has 36 heavy (non-hydrogen) atoms. The van der Waals surface area contributed by atoms with Crippen LogP contribution < -0.4 is 10.2 Å². The van der Waals surface area contributed by atoms with Gasteiger partial charge in [0.15, 0.2) is 0 Å². The van der Waals surface area contributed by atoms with Crippen LogP contribution in [0.25, 0.3) is 11.1 Å². The summed E-state index contributed by atoms with van der Waals surface area (Å²) in [5, 5.41) is 12.6. The van der Waals surface area contributed by atoms with Crippen molar-refractivity contribution in [1.82, 2.24) is 0 Å². The van der Waals surface area contributed by atoms with Crippen molar-refractivity contribution in [2.75, 3.05) is 23.3 Å². The van der Waals surface area contributed by atoms with Crippen molar-refractivity contribution in [2.24, 2.45) is 11.8 Å². The molecule has 0 atom stereocenters. The number of carboxylic acids is 1. The van der Waals surface area contributed by atoms with E-state index in [1.54, 1.807) is 0 Å². The van der Waals surface area contributed by atoms with Gasteiger partial charge in [-0.3, -0.25) is 4.79 Å². The summed E-state index contributed by atoms with van der Waals surface area (Å²) >= 11 is 0. The van der Waals surface area contributed by atoms with Crippen LogP contribution in [0.15, 0.2) is 60.7 Å². The monoisotopic (exact) mass is 490 g/mol. The molecule has 0 aliphatic rings. The number of halogens is 1. The lowest BCUT2D eigenvalue weighted by Gasteiger charge is -2.28. The fraction of sp³-hybridized carbons (Fsp3) is 0.333. The predicted molar refractivity (Wildman–Crippen MR) is 144 cm³/mol. The van der Waals surface area contributed by atoms with Crippen molar-refractivity contribution in [1.29, 1.82) is 0 Å². The lowest BCUT2D eigenvalue weighted by molar-refractivity contribution is -0.115. The molecule has 0 spiro atoms. The van der Waals surface area contributed by atoms with Gasteiger partial charge in [0.2, 0.25) is 5.91 Å². The summed E-state index contributed by atoms with van der Waals surface area (Å²) in [7, 11) is 0. The first-order valence-corrected chi connectivity index (χ1v) is 12.3. The molecule has 0 unspecified atom stereocenters. The van der Waals surface area contributed by atoms with E-state index in [0.29, 0.717) is 17.4 Å². The van der Waals surface area contributed by atoms with Gasteiger partial charge in [0.1, 0.15) is 5.82 Å². The number of benzene rings is 3. The number of hydrogen-bond donors (Lipinski definition) is 2. The van der Waals surface area contributed by atoms with E-state index in [2.05, 4.69) is 37.9 Å². The Bertz CT molecular complexity index is 1190. The summed E-state index contributed by atoms with van der Waals surface area (Å²) in [6.45, 7) is 12.4. The average Bonchev–Trinajstić information content (AvgIpc) is 2.79. The fourth-order valence-corrected chi connectivity index (χ4v) is 4.27. The van der Waals surface area contributed by atoms with Crippen molar-refractivity contribution < 1.29 is 19.1 Å². The third-order valence-electron chi connectivity index (χ3n) is 5.79. The molecule has 0 bridgehead atoms. The second-order valence-corrected chi connectivity index (χ2v) is 10.1. The summed E-state index contributed by atoms with van der Waals surface area (Å²) in [6.07, 6.45) is 0.0570. The minimum Gasteiger partial charge on any atom is -0.478 e. The molecule has 6 heteroatoms. The van der Waals surface area contributed by atoms with Crippen LogP contribution in [0.5, 0.6) is 0 Å². The number of rotatable bonds is 10. The molecule has 3 aromatic rings. The highest BCUT2D eigenvalue weighted by molar-refractivity contribution is 6.06. The highest BCUT2D eigenvalue weighted by Crippen LogP contribution is 2.32. The van der Waals surface area contributed by atoms with E-state index in [-0.39, 0.29) is 23.2 Å². The van der Waals surface area contributed by atoms with Crippen molar-refractivity contribution >= 4 is 23.3 Å². The van der Waals surface area contributed by atoms with Crippen LogP contribution in [0.1, 0.15) is 49.2 Å². The maximum atomic E-state index is 14.6. The van der Waals surface area contributed by atoms with Gasteiger partial charge in [-0.05, 0) is 54.2 Å². The Hall–Kier alpha value is -3.67. The van der Waals surface area contributed by atoms with Gasteiger partial charge in [-0.1, -0.05) is 69.7 Å². The third-order valence-corrected chi connectivity index (χ3v) is 5.79. The number of nitrogens with zero attached hydrogens (tertiary/aromatic N) is 1. The molecule has 0 saturated heterocycles. The Morgan fingerprint density at radius 2 is 1.50 bits per heavy atom. The van der Waals surface area contributed by atoms with Gasteiger partial charge in [-0.2, -0.15) is 0 Å². The first kappa shape index (κ1) is 26.9. The molecular formula is C30H35FN2O3. The van der Waals surface area contributed by atoms with Crippen molar-refractivity contribution in [3.63, 3.8) is 0 Å². The summed E-state index contributed by atoms with van der Waals surface area (Å²) in [6, 6.07) is 17.2. The lowest BCUT2D eigenvalue weighted by Crippen LogP contribution is -2.31. The zero-order valence-electron chi connectivity index (χ0n) is 21.6. The smallest absolute Gasteiger partial charge is 0.338 e. The van der Waals surface area contributed by atoms with E-state index in [9.17, 15) is 19.1 Å². The number of hydrogen-bond acceptors (Lipinski definition) is 3. The molecule has 0 aliphatic heterocycles. The van der Waals surface area contributed by atoms with Crippen LogP contribution >= 0.6 is 0 Å². The summed E-state index contributed by atoms with van der Waals surface area (Å²) in [4.78, 5) is 27.2. The van der Waals surface area contributed by atoms with E-state index in [4.69, 9.17) is 0 Å². The molecule has 0 saturated carbocycles. The number of carboxylic acid groups (broad SMARTS) is 1. The Kier molecular flexibility index (Phi) is 8.86. The minimum absolute atomic E-state index is 0.0556. The van der Waals surface area contributed by atoms with Crippen LogP contribution in [-0.4, -0.2) is 30.1 Å². The number of anilines is 2. The second-order valence-electron chi connectivity index (χ2n) is 10.1. The predicted octanol–water partition coefficient (Wildman–Crippen LogP) is 6.80. The molecule has 0 aromatic heterocycles. The summed E-state index contributed by atoms with van der Waals surface area (Å²) in [5.74, 6) is -1.30. The van der Waals surface area contributed by atoms with Crippen LogP contribution in [0.3, 0.4) is 0 Å². The van der Waals surface area contributed by atoms with E-state index >= 15 is 0 Å². The van der Waals surface area contributed by atoms with Gasteiger partial charge in [0, 0.05) is 24.3 Å². The number of aromatic carboxylic acids is 1. The van der Waals surface area contributed by atoms with Gasteiger partial charge < -0.3 is 15.3 Å². The van der Waals surface area contributed by atoms with Crippen molar-refractivity contribution in [2.45, 2.75) is 41.0 Å². The first-order chi connectivity index (χ1) is 17.0. The van der Waals surface area contributed by atoms with E-state index in [1.807, 2.05) is 55.5 Å². The van der Waals surface area contributed by atoms with Crippen LogP contribution in [0.4, 0.5) is 15.8 Å². The van der Waals surface area contributed by atoms with Crippen LogP contribution in [0.2, 0.25) is 0 Å². The molecular weight excluding hydrogens is 455 g/mol. The largest absolute Gasteiger partial charge is 0.478 e. The Morgan fingerprint density at radius 3 is 2.03 bits per heavy atom. The number of nitrogens with one attached hydrogen (secondary N) is 1. The first-order valence-electron chi connectivity index (χ1n) is 12.3. The number of amides is 1. The maximum Gasteiger partial charge on any atom is 0.338 e. The zero-order chi connectivity index (χ0) is 26.4. The topological polar surface area (TPSA) is 69.6 Å². The quantitative estimate of drug-likeness (QED) is 0.328. The normalized spacial score (nSPS) is 11.1. The molecule has 1 amide bonds. The lowest BCUT2D eigenvalue weighted by atomic mass is 9.97. The average molecular weight is 491 g/mol. The van der Waals surface area contributed by atoms with E-state index in [0.717, 1.165) is 36.0 Å². The second kappa shape index (κ2) is 11.8. The highest BCUT2D eigenvalue weighted by atomic mass is 19.1. The molecule has 0 aliphatic carbocycles. The number of carbonyl (C=O) groups excluding carboxylic acids is 1. The standard InChI is InChI=1S/C30H35FN2O3/c1-19(2)17-33(18-20(3)4)25-12-10-23(11-13-25)26-15-24(31)16-27(29(26)30(35)36)32-28(34)14-22-8-6-21(5)7-9-22/h6-13,15-16,19-20H,14,17-18H2,1-5H3,(H,32,34)(H,35,36). The van der Waals surface area contributed by atoms with Crippen molar-refractivity contribution in [3.05, 3.63) is 83.2 Å². The molecule has 0 radical (unpaired) electrons. The van der Waals surface area contributed by atoms with E-state index < -0.39 is 17.7 Å². The summed E-state index contributed by atoms with van der Waals surface area (Å²) < 4.78 is 14.6. The fourth-order valence-electron chi connectivity index (χ4n) is 4.27. The van der Waals surface area contributed by atoms with Crippen LogP contribution in [0, 0.1) is 24.6 Å². The van der Waals surface area contributed by atoms with Crippen LogP contribution in [-0.2, 0) is 11.2 Å². The van der Waals surface area contributed by atoms with E-state index in [1.165, 1.54) is 6.07 Å². The number of aryl methyl sites for hydroxylation is 1. The Labute approximate surface area is 213 Å². The molecule has 0 heterocycles. The van der Waals surface area contributed by atoms with Gasteiger partial charge in [-0.15, -0.1) is 0 Å². The van der Waals surface area contributed by atoms with Gasteiger partial charge in [0.25, 0.3) is 0 Å². The number of carbonyl (C=O) groups is 2. The third kappa shape index (κ3) is 7.17. The molecule has 190 valence electrons. The van der Waals surface area contributed by atoms with Gasteiger partial charge in [-0.25, -0.2) is 9.18 Å². The minimum atomic E-state index is -1.24. The van der Waals surface area contributed by atoms with Crippen molar-refractivity contribution in [3.8, 4) is 11.1 Å². The summed E-state index contributed by atoms with van der Waals surface area (Å²) in [5.41, 5.74) is 3.49. The van der Waals surface area contributed by atoms with Gasteiger partial charge in [0.05, 0.1) is 17.7 Å². The Morgan fingerprint density at radius 1 is 0.917 bits per heavy atom. The molecule has 3 rings (SSSR count). The Balaban J connectivity index is 1.92. The molecule has 2 N–H and O–H groups in total. The SMILES string of the molecule is Cc1ccc(CC(=O)Nc2cc(F)cc(-c3ccc(N(CC(C)C)CC(C)C)cc3)c2C(=O)O)cc1.